The molecule has 0 spiro atoms. The number of anilines is 1. The summed E-state index contributed by atoms with van der Waals surface area (Å²) in [4.78, 5) is 14.7. The van der Waals surface area contributed by atoms with Crippen LogP contribution in [0.5, 0.6) is 0 Å². The molecule has 6 heteroatoms. The first-order chi connectivity index (χ1) is 11.6. The molecule has 1 fully saturated rings. The van der Waals surface area contributed by atoms with Crippen molar-refractivity contribution < 1.29 is 9.21 Å². The second-order valence-electron chi connectivity index (χ2n) is 6.09. The molecule has 0 saturated heterocycles. The van der Waals surface area contributed by atoms with Gasteiger partial charge < -0.3 is 9.73 Å². The van der Waals surface area contributed by atoms with E-state index in [1.165, 1.54) is 12.8 Å². The molecule has 128 valence electrons. The van der Waals surface area contributed by atoms with Gasteiger partial charge in [0.2, 0.25) is 5.91 Å². The molecule has 0 bridgehead atoms. The van der Waals surface area contributed by atoms with Gasteiger partial charge in [-0.3, -0.25) is 9.69 Å². The predicted molar refractivity (Wildman–Crippen MR) is 96.5 cm³/mol. The lowest BCUT2D eigenvalue weighted by Crippen LogP contribution is -2.39. The number of furan rings is 1. The second-order valence-corrected chi connectivity index (χ2v) is 6.94. The third-order valence-electron chi connectivity index (χ3n) is 4.33. The van der Waals surface area contributed by atoms with E-state index in [1.807, 2.05) is 12.1 Å². The van der Waals surface area contributed by atoms with Crippen molar-refractivity contribution in [3.05, 3.63) is 52.4 Å². The molecule has 0 aliphatic heterocycles. The minimum absolute atomic E-state index is 0.0994. The molecule has 1 heterocycles. The lowest BCUT2D eigenvalue weighted by Gasteiger charge is -2.27. The first-order valence-electron chi connectivity index (χ1n) is 8.13. The van der Waals surface area contributed by atoms with Crippen molar-refractivity contribution in [2.75, 3.05) is 11.9 Å². The van der Waals surface area contributed by atoms with Crippen molar-refractivity contribution in [2.45, 2.75) is 38.3 Å². The van der Waals surface area contributed by atoms with Crippen molar-refractivity contribution >= 4 is 34.8 Å². The fourth-order valence-corrected chi connectivity index (χ4v) is 3.49. The fraction of sp³-hybridized carbons (Fsp3) is 0.389. The molecule has 1 aromatic heterocycles. The number of rotatable bonds is 6. The SMILES string of the molecule is O=C(CN(Cc1ccco1)C1CCCC1)Nc1cc(Cl)ccc1Cl. The summed E-state index contributed by atoms with van der Waals surface area (Å²) in [5.74, 6) is 0.771. The molecule has 0 radical (unpaired) electrons. The van der Waals surface area contributed by atoms with Crippen LogP contribution in [0.25, 0.3) is 0 Å². The van der Waals surface area contributed by atoms with Crippen LogP contribution >= 0.6 is 23.2 Å². The van der Waals surface area contributed by atoms with Gasteiger partial charge in [0.1, 0.15) is 5.76 Å². The number of nitrogens with one attached hydrogen (secondary N) is 1. The van der Waals surface area contributed by atoms with Crippen molar-refractivity contribution in [1.82, 2.24) is 4.90 Å². The summed E-state index contributed by atoms with van der Waals surface area (Å²) in [6.07, 6.45) is 6.31. The van der Waals surface area contributed by atoms with E-state index in [0.29, 0.717) is 34.9 Å². The van der Waals surface area contributed by atoms with E-state index in [2.05, 4.69) is 10.2 Å². The van der Waals surface area contributed by atoms with Gasteiger partial charge in [-0.05, 0) is 43.2 Å². The van der Waals surface area contributed by atoms with Gasteiger partial charge >= 0.3 is 0 Å². The zero-order valence-corrected chi connectivity index (χ0v) is 14.8. The number of nitrogens with zero attached hydrogens (tertiary/aromatic N) is 1. The number of amides is 1. The molecule has 4 nitrogen and oxygen atoms in total. The Morgan fingerprint density at radius 2 is 2.04 bits per heavy atom. The highest BCUT2D eigenvalue weighted by atomic mass is 35.5. The minimum Gasteiger partial charge on any atom is -0.468 e. The molecule has 1 aliphatic carbocycles. The van der Waals surface area contributed by atoms with Crippen LogP contribution in [0.1, 0.15) is 31.4 Å². The lowest BCUT2D eigenvalue weighted by atomic mass is 10.2. The van der Waals surface area contributed by atoms with Gasteiger partial charge in [-0.1, -0.05) is 36.0 Å². The van der Waals surface area contributed by atoms with Gasteiger partial charge in [0.15, 0.2) is 0 Å². The monoisotopic (exact) mass is 366 g/mol. The van der Waals surface area contributed by atoms with E-state index in [-0.39, 0.29) is 5.91 Å². The maximum absolute atomic E-state index is 12.5. The molecule has 1 aromatic carbocycles. The Morgan fingerprint density at radius 3 is 2.75 bits per heavy atom. The van der Waals surface area contributed by atoms with Crippen LogP contribution in [0, 0.1) is 0 Å². The molecule has 1 amide bonds. The van der Waals surface area contributed by atoms with Gasteiger partial charge in [0.25, 0.3) is 0 Å². The van der Waals surface area contributed by atoms with Gasteiger partial charge in [-0.15, -0.1) is 0 Å². The van der Waals surface area contributed by atoms with Crippen molar-refractivity contribution in [3.63, 3.8) is 0 Å². The molecule has 3 rings (SSSR count). The number of hydrogen-bond donors (Lipinski definition) is 1. The van der Waals surface area contributed by atoms with E-state index in [4.69, 9.17) is 27.6 Å². The normalized spacial score (nSPS) is 15.1. The van der Waals surface area contributed by atoms with E-state index >= 15 is 0 Å². The highest BCUT2D eigenvalue weighted by Gasteiger charge is 2.25. The maximum atomic E-state index is 12.5. The molecular formula is C18H20Cl2N2O2. The zero-order chi connectivity index (χ0) is 16.9. The Morgan fingerprint density at radius 1 is 1.25 bits per heavy atom. The van der Waals surface area contributed by atoms with Crippen molar-refractivity contribution in [1.29, 1.82) is 0 Å². The van der Waals surface area contributed by atoms with E-state index in [0.717, 1.165) is 18.6 Å². The molecule has 1 N–H and O–H groups in total. The third-order valence-corrected chi connectivity index (χ3v) is 4.89. The van der Waals surface area contributed by atoms with Crippen LogP contribution in [-0.4, -0.2) is 23.4 Å². The predicted octanol–water partition coefficient (Wildman–Crippen LogP) is 4.97. The van der Waals surface area contributed by atoms with Gasteiger partial charge in [0.05, 0.1) is 30.1 Å². The van der Waals surface area contributed by atoms with Crippen molar-refractivity contribution in [3.8, 4) is 0 Å². The highest BCUT2D eigenvalue weighted by molar-refractivity contribution is 6.35. The lowest BCUT2D eigenvalue weighted by molar-refractivity contribution is -0.118. The zero-order valence-electron chi connectivity index (χ0n) is 13.3. The second kappa shape index (κ2) is 8.06. The third kappa shape index (κ3) is 4.53. The van der Waals surface area contributed by atoms with Crippen LogP contribution in [0.4, 0.5) is 5.69 Å². The van der Waals surface area contributed by atoms with Crippen LogP contribution in [0.3, 0.4) is 0 Å². The first kappa shape index (κ1) is 17.3. The van der Waals surface area contributed by atoms with Crippen LogP contribution in [0.15, 0.2) is 41.0 Å². The Kier molecular flexibility index (Phi) is 5.82. The van der Waals surface area contributed by atoms with Gasteiger partial charge in [0, 0.05) is 11.1 Å². The summed E-state index contributed by atoms with van der Waals surface area (Å²) in [7, 11) is 0. The summed E-state index contributed by atoms with van der Waals surface area (Å²) in [6.45, 7) is 0.933. The number of benzene rings is 1. The number of carbonyl (C=O) groups is 1. The molecule has 0 atom stereocenters. The Bertz CT molecular complexity index is 682. The Balaban J connectivity index is 1.67. The van der Waals surface area contributed by atoms with Gasteiger partial charge in [-0.25, -0.2) is 0 Å². The summed E-state index contributed by atoms with van der Waals surface area (Å²) in [5.41, 5.74) is 0.540. The minimum atomic E-state index is -0.0994. The smallest absolute Gasteiger partial charge is 0.238 e. The molecular weight excluding hydrogens is 347 g/mol. The topological polar surface area (TPSA) is 45.5 Å². The summed E-state index contributed by atoms with van der Waals surface area (Å²) in [6, 6.07) is 9.25. The highest BCUT2D eigenvalue weighted by Crippen LogP contribution is 2.27. The summed E-state index contributed by atoms with van der Waals surface area (Å²) < 4.78 is 5.45. The quantitative estimate of drug-likeness (QED) is 0.784. The summed E-state index contributed by atoms with van der Waals surface area (Å²) >= 11 is 12.1. The Hall–Kier alpha value is -1.49. The van der Waals surface area contributed by atoms with Crippen molar-refractivity contribution in [2.24, 2.45) is 0 Å². The Labute approximate surface area is 151 Å². The molecule has 1 aliphatic rings. The summed E-state index contributed by atoms with van der Waals surface area (Å²) in [5, 5.41) is 3.87. The average Bonchev–Trinajstić information content (AvgIpc) is 3.23. The van der Waals surface area contributed by atoms with Crippen LogP contribution in [-0.2, 0) is 11.3 Å². The average molecular weight is 367 g/mol. The fourth-order valence-electron chi connectivity index (χ4n) is 3.15. The maximum Gasteiger partial charge on any atom is 0.238 e. The standard InChI is InChI=1S/C18H20Cl2N2O2/c19-13-7-8-16(20)17(10-13)21-18(23)12-22(14-4-1-2-5-14)11-15-6-3-9-24-15/h3,6-10,14H,1-2,4-5,11-12H2,(H,21,23). The number of halogens is 2. The van der Waals surface area contributed by atoms with E-state index in [9.17, 15) is 4.79 Å². The number of hydrogen-bond acceptors (Lipinski definition) is 3. The van der Waals surface area contributed by atoms with Gasteiger partial charge in [-0.2, -0.15) is 0 Å². The van der Waals surface area contributed by atoms with Crippen LogP contribution in [0.2, 0.25) is 10.0 Å². The van der Waals surface area contributed by atoms with E-state index in [1.54, 1.807) is 24.5 Å². The first-order valence-corrected chi connectivity index (χ1v) is 8.89. The molecule has 0 unspecified atom stereocenters. The largest absolute Gasteiger partial charge is 0.468 e. The molecule has 1 saturated carbocycles. The molecule has 24 heavy (non-hydrogen) atoms. The molecule has 2 aromatic rings. The number of carbonyl (C=O) groups excluding carboxylic acids is 1. The van der Waals surface area contributed by atoms with E-state index < -0.39 is 0 Å². The van der Waals surface area contributed by atoms with Crippen LogP contribution < -0.4 is 5.32 Å².